The molecule has 3 fully saturated rings. The van der Waals surface area contributed by atoms with Gasteiger partial charge in [-0.25, -0.2) is 9.40 Å². The number of carbonyl (C=O) groups is 2. The minimum absolute atomic E-state index is 0.254. The lowest BCUT2D eigenvalue weighted by atomic mass is 9.79. The predicted octanol–water partition coefficient (Wildman–Crippen LogP) is 1.37. The van der Waals surface area contributed by atoms with Crippen molar-refractivity contribution in [2.75, 3.05) is 31.1 Å². The summed E-state index contributed by atoms with van der Waals surface area (Å²) in [6.07, 6.45) is 2.97. The molecule has 0 bridgehead atoms. The average molecular weight is 360 g/mol. The summed E-state index contributed by atoms with van der Waals surface area (Å²) in [6, 6.07) is 5.04. The van der Waals surface area contributed by atoms with E-state index in [1.54, 1.807) is 6.07 Å². The third kappa shape index (κ3) is 3.33. The highest BCUT2D eigenvalue weighted by molar-refractivity contribution is 6.00. The molecule has 0 spiro atoms. The second-order valence-electron chi connectivity index (χ2n) is 7.75. The minimum atomic E-state index is -0.443. The molecule has 0 aromatic heterocycles. The molecular formula is C19H25FN4O2. The molecule has 1 atom stereocenters. The molecule has 0 saturated carbocycles. The average Bonchev–Trinajstić information content (AvgIpc) is 2.56. The number of carbonyl (C=O) groups excluding carboxylic acids is 2. The van der Waals surface area contributed by atoms with E-state index in [0.29, 0.717) is 35.9 Å². The number of nitrogens with zero attached hydrogens (tertiary/aromatic N) is 2. The Hall–Kier alpha value is -1.99. The zero-order valence-electron chi connectivity index (χ0n) is 14.8. The summed E-state index contributed by atoms with van der Waals surface area (Å²) in [4.78, 5) is 25.3. The van der Waals surface area contributed by atoms with Gasteiger partial charge in [0.2, 0.25) is 11.8 Å². The highest BCUT2D eigenvalue weighted by atomic mass is 19.1. The first-order valence-electron chi connectivity index (χ1n) is 9.39. The number of rotatable bonds is 3. The summed E-state index contributed by atoms with van der Waals surface area (Å²) < 4.78 is 14.6. The molecule has 26 heavy (non-hydrogen) atoms. The van der Waals surface area contributed by atoms with Crippen LogP contribution < -0.4 is 16.1 Å². The van der Waals surface area contributed by atoms with Gasteiger partial charge in [-0.2, -0.15) is 0 Å². The molecule has 1 unspecified atom stereocenters. The number of anilines is 1. The standard InChI is InChI=1S/C19H25FN4O2/c20-16-9-13(15-2-4-18(25)22-19(15)26)1-3-17(16)23-10-14(11-23)12-5-7-24(21)8-6-12/h1,3,9,12,14-15H,2,4-8,10-11,21H2,(H,22,25,26). The van der Waals surface area contributed by atoms with Crippen molar-refractivity contribution < 1.29 is 14.0 Å². The Morgan fingerprint density at radius 3 is 2.46 bits per heavy atom. The highest BCUT2D eigenvalue weighted by Crippen LogP contribution is 2.36. The number of hydrazine groups is 1. The van der Waals surface area contributed by atoms with Crippen molar-refractivity contribution >= 4 is 17.5 Å². The van der Waals surface area contributed by atoms with Crippen LogP contribution in [0.3, 0.4) is 0 Å². The third-order valence-electron chi connectivity index (χ3n) is 6.10. The second-order valence-corrected chi connectivity index (χ2v) is 7.75. The van der Waals surface area contributed by atoms with Gasteiger partial charge in [0.05, 0.1) is 11.6 Å². The fraction of sp³-hybridized carbons (Fsp3) is 0.579. The van der Waals surface area contributed by atoms with Gasteiger partial charge in [0, 0.05) is 32.6 Å². The molecule has 1 aromatic carbocycles. The van der Waals surface area contributed by atoms with Gasteiger partial charge in [-0.05, 0) is 48.8 Å². The molecule has 3 saturated heterocycles. The van der Waals surface area contributed by atoms with Gasteiger partial charge in [0.1, 0.15) is 5.82 Å². The topological polar surface area (TPSA) is 78.7 Å². The van der Waals surface area contributed by atoms with Crippen LogP contribution in [0.5, 0.6) is 0 Å². The Morgan fingerprint density at radius 1 is 1.08 bits per heavy atom. The van der Waals surface area contributed by atoms with Crippen LogP contribution in [0.25, 0.3) is 0 Å². The lowest BCUT2D eigenvalue weighted by Gasteiger charge is -2.47. The Morgan fingerprint density at radius 2 is 1.81 bits per heavy atom. The number of piperidine rings is 2. The SMILES string of the molecule is NN1CCC(C2CN(c3ccc(C4CCC(=O)NC4=O)cc3F)C2)CC1. The number of imide groups is 1. The maximum Gasteiger partial charge on any atom is 0.234 e. The molecule has 3 aliphatic rings. The fourth-order valence-electron chi connectivity index (χ4n) is 4.41. The number of amides is 2. The number of hydrogen-bond donors (Lipinski definition) is 2. The largest absolute Gasteiger partial charge is 0.368 e. The van der Waals surface area contributed by atoms with Crippen LogP contribution >= 0.6 is 0 Å². The minimum Gasteiger partial charge on any atom is -0.368 e. The Labute approximate surface area is 152 Å². The van der Waals surface area contributed by atoms with E-state index in [1.165, 1.54) is 6.07 Å². The number of benzene rings is 1. The second kappa shape index (κ2) is 6.96. The highest BCUT2D eigenvalue weighted by Gasteiger charge is 2.36. The summed E-state index contributed by atoms with van der Waals surface area (Å²) >= 11 is 0. The van der Waals surface area contributed by atoms with Crippen LogP contribution in [0.15, 0.2) is 18.2 Å². The van der Waals surface area contributed by atoms with Gasteiger partial charge in [0.15, 0.2) is 0 Å². The van der Waals surface area contributed by atoms with Crippen LogP contribution in [0.1, 0.15) is 37.2 Å². The van der Waals surface area contributed by atoms with Crippen molar-refractivity contribution in [3.8, 4) is 0 Å². The Bertz CT molecular complexity index is 711. The number of halogens is 1. The fourth-order valence-corrected chi connectivity index (χ4v) is 4.41. The maximum absolute atomic E-state index is 14.6. The summed E-state index contributed by atoms with van der Waals surface area (Å²) in [5, 5.41) is 4.20. The van der Waals surface area contributed by atoms with Gasteiger partial charge in [-0.1, -0.05) is 6.07 Å². The third-order valence-corrected chi connectivity index (χ3v) is 6.10. The first-order valence-corrected chi connectivity index (χ1v) is 9.39. The van der Waals surface area contributed by atoms with Gasteiger partial charge >= 0.3 is 0 Å². The quantitative estimate of drug-likeness (QED) is 0.629. The molecule has 3 N–H and O–H groups in total. The molecule has 1 aromatic rings. The normalized spacial score (nSPS) is 25.9. The van der Waals surface area contributed by atoms with E-state index in [0.717, 1.165) is 39.0 Å². The molecular weight excluding hydrogens is 335 g/mol. The molecule has 3 heterocycles. The van der Waals surface area contributed by atoms with Gasteiger partial charge in [-0.3, -0.25) is 20.7 Å². The maximum atomic E-state index is 14.6. The van der Waals surface area contributed by atoms with Crippen molar-refractivity contribution in [2.45, 2.75) is 31.6 Å². The van der Waals surface area contributed by atoms with E-state index in [2.05, 4.69) is 10.2 Å². The number of nitrogens with two attached hydrogens (primary N) is 1. The van der Waals surface area contributed by atoms with E-state index in [4.69, 9.17) is 5.84 Å². The van der Waals surface area contributed by atoms with Crippen molar-refractivity contribution in [1.29, 1.82) is 0 Å². The summed E-state index contributed by atoms with van der Waals surface area (Å²) in [5.41, 5.74) is 1.25. The van der Waals surface area contributed by atoms with E-state index in [-0.39, 0.29) is 17.6 Å². The molecule has 6 nitrogen and oxygen atoms in total. The van der Waals surface area contributed by atoms with E-state index >= 15 is 0 Å². The van der Waals surface area contributed by atoms with Gasteiger partial charge in [-0.15, -0.1) is 0 Å². The number of nitrogens with one attached hydrogen (secondary N) is 1. The van der Waals surface area contributed by atoms with Crippen molar-refractivity contribution in [2.24, 2.45) is 17.7 Å². The summed E-state index contributed by atoms with van der Waals surface area (Å²) in [5.74, 6) is 5.78. The molecule has 4 rings (SSSR count). The predicted molar refractivity (Wildman–Crippen MR) is 95.7 cm³/mol. The monoisotopic (exact) mass is 360 g/mol. The smallest absolute Gasteiger partial charge is 0.234 e. The van der Waals surface area contributed by atoms with Crippen LogP contribution in [0.4, 0.5) is 10.1 Å². The lowest BCUT2D eigenvalue weighted by molar-refractivity contribution is -0.134. The van der Waals surface area contributed by atoms with E-state index < -0.39 is 5.92 Å². The number of hydrogen-bond acceptors (Lipinski definition) is 5. The van der Waals surface area contributed by atoms with Crippen molar-refractivity contribution in [3.05, 3.63) is 29.6 Å². The molecule has 0 aliphatic carbocycles. The zero-order valence-corrected chi connectivity index (χ0v) is 14.8. The molecule has 140 valence electrons. The Kier molecular flexibility index (Phi) is 4.67. The summed E-state index contributed by atoms with van der Waals surface area (Å²) in [6.45, 7) is 3.64. The van der Waals surface area contributed by atoms with Crippen molar-refractivity contribution in [1.82, 2.24) is 10.3 Å². The van der Waals surface area contributed by atoms with E-state index in [9.17, 15) is 14.0 Å². The first kappa shape index (κ1) is 17.4. The molecule has 3 aliphatic heterocycles. The van der Waals surface area contributed by atoms with Crippen LogP contribution in [-0.2, 0) is 9.59 Å². The molecule has 2 amide bonds. The molecule has 7 heteroatoms. The van der Waals surface area contributed by atoms with Crippen LogP contribution in [-0.4, -0.2) is 43.0 Å². The zero-order chi connectivity index (χ0) is 18.3. The van der Waals surface area contributed by atoms with Gasteiger partial charge < -0.3 is 4.90 Å². The van der Waals surface area contributed by atoms with E-state index in [1.807, 2.05) is 11.1 Å². The van der Waals surface area contributed by atoms with Crippen molar-refractivity contribution in [3.63, 3.8) is 0 Å². The van der Waals surface area contributed by atoms with Gasteiger partial charge in [0.25, 0.3) is 0 Å². The first-order chi connectivity index (χ1) is 12.5. The summed E-state index contributed by atoms with van der Waals surface area (Å²) in [7, 11) is 0. The Balaban J connectivity index is 1.38. The molecule has 0 radical (unpaired) electrons. The van der Waals surface area contributed by atoms with Crippen LogP contribution in [0.2, 0.25) is 0 Å². The van der Waals surface area contributed by atoms with Crippen LogP contribution in [0, 0.1) is 17.7 Å². The lowest BCUT2D eigenvalue weighted by Crippen LogP contribution is -2.53.